The normalized spacial score (nSPS) is 11.1. The van der Waals surface area contributed by atoms with Crippen LogP contribution in [0.15, 0.2) is 39.8 Å². The summed E-state index contributed by atoms with van der Waals surface area (Å²) in [6.45, 7) is 7.88. The SMILES string of the molecule is CCNC(=NCc1cccc(C(=O)NC)c1)NCc1cc(C(C)C)no1.I. The van der Waals surface area contributed by atoms with E-state index < -0.39 is 0 Å². The second-order valence-corrected chi connectivity index (χ2v) is 6.20. The lowest BCUT2D eigenvalue weighted by molar-refractivity contribution is 0.0963. The van der Waals surface area contributed by atoms with Crippen LogP contribution in [0.4, 0.5) is 0 Å². The molecule has 0 fully saturated rings. The molecule has 0 atom stereocenters. The molecule has 0 radical (unpaired) electrons. The van der Waals surface area contributed by atoms with Crippen LogP contribution in [0, 0.1) is 0 Å². The molecule has 0 saturated carbocycles. The Hall–Kier alpha value is -2.10. The Balaban J connectivity index is 0.00000364. The van der Waals surface area contributed by atoms with E-state index >= 15 is 0 Å². The van der Waals surface area contributed by atoms with E-state index in [9.17, 15) is 4.79 Å². The van der Waals surface area contributed by atoms with E-state index in [0.717, 1.165) is 23.6 Å². The Kier molecular flexibility index (Phi) is 9.84. The van der Waals surface area contributed by atoms with Crippen molar-refractivity contribution < 1.29 is 9.32 Å². The van der Waals surface area contributed by atoms with Crippen LogP contribution in [0.2, 0.25) is 0 Å². The molecule has 0 spiro atoms. The highest BCUT2D eigenvalue weighted by Crippen LogP contribution is 2.13. The van der Waals surface area contributed by atoms with Crippen LogP contribution in [0.1, 0.15) is 54.1 Å². The summed E-state index contributed by atoms with van der Waals surface area (Å²) in [4.78, 5) is 16.3. The number of guanidine groups is 1. The number of nitrogens with zero attached hydrogens (tertiary/aromatic N) is 2. The summed E-state index contributed by atoms with van der Waals surface area (Å²) >= 11 is 0. The Bertz CT molecular complexity index is 758. The smallest absolute Gasteiger partial charge is 0.251 e. The quantitative estimate of drug-likeness (QED) is 0.319. The van der Waals surface area contributed by atoms with Crippen molar-refractivity contribution in [2.24, 2.45) is 4.99 Å². The van der Waals surface area contributed by atoms with Gasteiger partial charge in [0.25, 0.3) is 5.91 Å². The van der Waals surface area contributed by atoms with Gasteiger partial charge < -0.3 is 20.5 Å². The van der Waals surface area contributed by atoms with Gasteiger partial charge >= 0.3 is 0 Å². The van der Waals surface area contributed by atoms with E-state index in [2.05, 4.69) is 39.9 Å². The van der Waals surface area contributed by atoms with Crippen LogP contribution in [-0.4, -0.2) is 30.6 Å². The molecule has 1 aromatic heterocycles. The van der Waals surface area contributed by atoms with Crippen LogP contribution in [-0.2, 0) is 13.1 Å². The van der Waals surface area contributed by atoms with Crippen molar-refractivity contribution in [2.45, 2.75) is 39.8 Å². The highest BCUT2D eigenvalue weighted by molar-refractivity contribution is 14.0. The van der Waals surface area contributed by atoms with E-state index in [4.69, 9.17) is 4.52 Å². The summed E-state index contributed by atoms with van der Waals surface area (Å²) in [5, 5.41) is 13.1. The highest BCUT2D eigenvalue weighted by Gasteiger charge is 2.08. The zero-order valence-electron chi connectivity index (χ0n) is 16.2. The first kappa shape index (κ1) is 22.9. The Morgan fingerprint density at radius 2 is 2.04 bits per heavy atom. The molecular weight excluding hydrogens is 457 g/mol. The van der Waals surface area contributed by atoms with Gasteiger partial charge in [-0.25, -0.2) is 4.99 Å². The number of hydrogen-bond acceptors (Lipinski definition) is 4. The van der Waals surface area contributed by atoms with Crippen molar-refractivity contribution in [2.75, 3.05) is 13.6 Å². The number of carbonyl (C=O) groups excluding carboxylic acids is 1. The number of hydrogen-bond donors (Lipinski definition) is 3. The van der Waals surface area contributed by atoms with Crippen molar-refractivity contribution in [1.29, 1.82) is 0 Å². The van der Waals surface area contributed by atoms with E-state index in [-0.39, 0.29) is 29.9 Å². The van der Waals surface area contributed by atoms with Crippen LogP contribution in [0.5, 0.6) is 0 Å². The van der Waals surface area contributed by atoms with E-state index in [1.165, 1.54) is 0 Å². The fourth-order valence-corrected chi connectivity index (χ4v) is 2.32. The van der Waals surface area contributed by atoms with Crippen LogP contribution in [0.25, 0.3) is 0 Å². The third kappa shape index (κ3) is 7.20. The van der Waals surface area contributed by atoms with E-state index in [1.54, 1.807) is 13.1 Å². The molecule has 2 rings (SSSR count). The Morgan fingerprint density at radius 1 is 1.26 bits per heavy atom. The number of nitrogens with one attached hydrogen (secondary N) is 3. The minimum atomic E-state index is -0.105. The van der Waals surface area contributed by atoms with Crippen molar-refractivity contribution in [3.8, 4) is 0 Å². The maximum Gasteiger partial charge on any atom is 0.251 e. The molecule has 3 N–H and O–H groups in total. The number of amides is 1. The van der Waals surface area contributed by atoms with Gasteiger partial charge in [-0.05, 0) is 30.5 Å². The second-order valence-electron chi connectivity index (χ2n) is 6.20. The average molecular weight is 485 g/mol. The van der Waals surface area contributed by atoms with Crippen LogP contribution in [0.3, 0.4) is 0 Å². The lowest BCUT2D eigenvalue weighted by Gasteiger charge is -2.10. The molecule has 0 aliphatic heterocycles. The first-order chi connectivity index (χ1) is 12.5. The van der Waals surface area contributed by atoms with E-state index in [1.807, 2.05) is 31.2 Å². The molecule has 7 nitrogen and oxygen atoms in total. The van der Waals surface area contributed by atoms with Gasteiger partial charge in [0.05, 0.1) is 18.8 Å². The monoisotopic (exact) mass is 485 g/mol. The minimum absolute atomic E-state index is 0. The van der Waals surface area contributed by atoms with Crippen molar-refractivity contribution in [3.05, 3.63) is 52.9 Å². The maximum absolute atomic E-state index is 11.7. The second kappa shape index (κ2) is 11.6. The molecule has 8 heteroatoms. The van der Waals surface area contributed by atoms with Crippen molar-refractivity contribution >= 4 is 35.8 Å². The molecular formula is C19H28IN5O2. The molecule has 1 amide bonds. The molecule has 0 bridgehead atoms. The predicted octanol–water partition coefficient (Wildman–Crippen LogP) is 3.03. The average Bonchev–Trinajstić information content (AvgIpc) is 3.13. The summed E-state index contributed by atoms with van der Waals surface area (Å²) in [5.74, 6) is 1.68. The zero-order valence-corrected chi connectivity index (χ0v) is 18.5. The summed E-state index contributed by atoms with van der Waals surface area (Å²) in [7, 11) is 1.62. The van der Waals surface area contributed by atoms with Gasteiger partial charge in [0.1, 0.15) is 0 Å². The number of rotatable bonds is 7. The van der Waals surface area contributed by atoms with Gasteiger partial charge in [0, 0.05) is 25.2 Å². The van der Waals surface area contributed by atoms with Gasteiger partial charge in [0.2, 0.25) is 0 Å². The molecule has 2 aromatic rings. The molecule has 1 heterocycles. The maximum atomic E-state index is 11.7. The molecule has 148 valence electrons. The first-order valence-corrected chi connectivity index (χ1v) is 8.82. The third-order valence-electron chi connectivity index (χ3n) is 3.78. The van der Waals surface area contributed by atoms with Crippen LogP contribution >= 0.6 is 24.0 Å². The van der Waals surface area contributed by atoms with Gasteiger partial charge in [-0.3, -0.25) is 4.79 Å². The Morgan fingerprint density at radius 3 is 2.67 bits per heavy atom. The van der Waals surface area contributed by atoms with Crippen molar-refractivity contribution in [3.63, 3.8) is 0 Å². The first-order valence-electron chi connectivity index (χ1n) is 8.82. The summed E-state index contributed by atoms with van der Waals surface area (Å²) < 4.78 is 5.33. The topological polar surface area (TPSA) is 91.5 Å². The van der Waals surface area contributed by atoms with Gasteiger partial charge in [-0.2, -0.15) is 0 Å². The molecule has 1 aromatic carbocycles. The third-order valence-corrected chi connectivity index (χ3v) is 3.78. The van der Waals surface area contributed by atoms with Gasteiger partial charge in [0.15, 0.2) is 11.7 Å². The largest absolute Gasteiger partial charge is 0.359 e. The molecule has 0 aliphatic carbocycles. The van der Waals surface area contributed by atoms with Crippen molar-refractivity contribution in [1.82, 2.24) is 21.1 Å². The zero-order chi connectivity index (χ0) is 18.9. The van der Waals surface area contributed by atoms with Crippen LogP contribution < -0.4 is 16.0 Å². The molecule has 0 saturated heterocycles. The molecule has 27 heavy (non-hydrogen) atoms. The number of benzene rings is 1. The molecule has 0 unspecified atom stereocenters. The summed E-state index contributed by atoms with van der Waals surface area (Å²) in [6, 6.07) is 9.39. The molecule has 0 aliphatic rings. The lowest BCUT2D eigenvalue weighted by Crippen LogP contribution is -2.36. The summed E-state index contributed by atoms with van der Waals surface area (Å²) in [6.07, 6.45) is 0. The fourth-order valence-electron chi connectivity index (χ4n) is 2.32. The number of carbonyl (C=O) groups is 1. The minimum Gasteiger partial charge on any atom is -0.359 e. The fraction of sp³-hybridized carbons (Fsp3) is 0.421. The van der Waals surface area contributed by atoms with E-state index in [0.29, 0.717) is 30.5 Å². The highest BCUT2D eigenvalue weighted by atomic mass is 127. The predicted molar refractivity (Wildman–Crippen MR) is 117 cm³/mol. The summed E-state index contributed by atoms with van der Waals surface area (Å²) in [5.41, 5.74) is 2.53. The van der Waals surface area contributed by atoms with Gasteiger partial charge in [-0.1, -0.05) is 31.1 Å². The van der Waals surface area contributed by atoms with Gasteiger partial charge in [-0.15, -0.1) is 24.0 Å². The number of aliphatic imine (C=N–C) groups is 1. The number of halogens is 1. The lowest BCUT2D eigenvalue weighted by atomic mass is 10.1. The standard InChI is InChI=1S/C19H27N5O2.HI/c1-5-21-19(23-12-16-10-17(13(2)3)24-26-16)22-11-14-7-6-8-15(9-14)18(25)20-4;/h6-10,13H,5,11-12H2,1-4H3,(H,20,25)(H2,21,22,23);1H. The number of aromatic nitrogens is 1. The Labute approximate surface area is 177 Å².